The highest BCUT2D eigenvalue weighted by molar-refractivity contribution is 4.74. The number of imidazole rings is 1. The molecule has 0 atom stereocenters. The summed E-state index contributed by atoms with van der Waals surface area (Å²) in [7, 11) is 0. The van der Waals surface area contributed by atoms with Crippen molar-refractivity contribution in [2.45, 2.75) is 19.1 Å². The molecule has 7 heteroatoms. The monoisotopic (exact) mass is 250 g/mol. The van der Waals surface area contributed by atoms with E-state index in [1.165, 1.54) is 4.90 Å². The number of hydrogen-bond donors (Lipinski definition) is 1. The molecule has 17 heavy (non-hydrogen) atoms. The fourth-order valence-corrected chi connectivity index (χ4v) is 1.60. The lowest BCUT2D eigenvalue weighted by molar-refractivity contribution is -0.145. The van der Waals surface area contributed by atoms with Crippen LogP contribution >= 0.6 is 0 Å². The van der Waals surface area contributed by atoms with E-state index >= 15 is 0 Å². The molecule has 0 saturated carbocycles. The third-order valence-corrected chi connectivity index (χ3v) is 2.30. The Kier molecular flexibility index (Phi) is 5.43. The molecule has 1 heterocycles. The predicted molar refractivity (Wildman–Crippen MR) is 58.4 cm³/mol. The minimum Gasteiger partial charge on any atom is -0.337 e. The van der Waals surface area contributed by atoms with Crippen molar-refractivity contribution in [1.82, 2.24) is 14.5 Å². The van der Waals surface area contributed by atoms with Crippen LogP contribution in [0.3, 0.4) is 0 Å². The van der Waals surface area contributed by atoms with Crippen LogP contribution in [0.5, 0.6) is 0 Å². The fraction of sp³-hybridized carbons (Fsp3) is 0.700. The third-order valence-electron chi connectivity index (χ3n) is 2.30. The molecule has 98 valence electrons. The van der Waals surface area contributed by atoms with Crippen molar-refractivity contribution in [3.05, 3.63) is 18.7 Å². The predicted octanol–water partition coefficient (Wildman–Crippen LogP) is 1.10. The number of rotatable bonds is 7. The fourth-order valence-electron chi connectivity index (χ4n) is 1.60. The first kappa shape index (κ1) is 14.0. The molecular weight excluding hydrogens is 233 g/mol. The van der Waals surface area contributed by atoms with E-state index in [0.717, 1.165) is 0 Å². The Morgan fingerprint density at radius 3 is 2.59 bits per heavy atom. The van der Waals surface area contributed by atoms with Gasteiger partial charge < -0.3 is 10.3 Å². The van der Waals surface area contributed by atoms with Gasteiger partial charge in [0, 0.05) is 38.6 Å². The second kappa shape index (κ2) is 6.61. The molecule has 0 aromatic carbocycles. The van der Waals surface area contributed by atoms with Crippen molar-refractivity contribution in [2.75, 3.05) is 26.2 Å². The molecule has 2 N–H and O–H groups in total. The van der Waals surface area contributed by atoms with Crippen molar-refractivity contribution < 1.29 is 13.2 Å². The molecule has 0 fully saturated rings. The van der Waals surface area contributed by atoms with Crippen LogP contribution in [0.25, 0.3) is 0 Å². The number of halogens is 3. The maximum Gasteiger partial charge on any atom is 0.401 e. The van der Waals surface area contributed by atoms with Crippen LogP contribution in [0.2, 0.25) is 0 Å². The standard InChI is InChI=1S/C10H17F3N4/c11-10(12,13)8-16(6-2-14)4-1-5-17-7-3-15-9-17/h3,7,9H,1-2,4-6,8,14H2. The summed E-state index contributed by atoms with van der Waals surface area (Å²) < 4.78 is 38.5. The van der Waals surface area contributed by atoms with E-state index in [1.54, 1.807) is 18.7 Å². The van der Waals surface area contributed by atoms with Crippen molar-refractivity contribution in [2.24, 2.45) is 5.73 Å². The topological polar surface area (TPSA) is 47.1 Å². The highest BCUT2D eigenvalue weighted by Gasteiger charge is 2.29. The minimum absolute atomic E-state index is 0.237. The van der Waals surface area contributed by atoms with E-state index in [9.17, 15) is 13.2 Å². The Balaban J connectivity index is 2.29. The van der Waals surface area contributed by atoms with E-state index in [4.69, 9.17) is 5.73 Å². The zero-order chi connectivity index (χ0) is 12.7. The molecule has 1 aromatic rings. The maximum atomic E-state index is 12.2. The Morgan fingerprint density at radius 2 is 2.06 bits per heavy atom. The van der Waals surface area contributed by atoms with Gasteiger partial charge in [-0.25, -0.2) is 4.98 Å². The summed E-state index contributed by atoms with van der Waals surface area (Å²) in [6.45, 7) is 0.659. The van der Waals surface area contributed by atoms with Gasteiger partial charge in [-0.15, -0.1) is 0 Å². The minimum atomic E-state index is -4.16. The summed E-state index contributed by atoms with van der Waals surface area (Å²) >= 11 is 0. The maximum absolute atomic E-state index is 12.2. The molecule has 0 aliphatic carbocycles. The van der Waals surface area contributed by atoms with Crippen molar-refractivity contribution in [3.63, 3.8) is 0 Å². The molecule has 0 aliphatic rings. The molecule has 1 aromatic heterocycles. The van der Waals surface area contributed by atoms with Gasteiger partial charge in [-0.3, -0.25) is 4.90 Å². The molecule has 0 saturated heterocycles. The summed E-state index contributed by atoms with van der Waals surface area (Å²) in [6.07, 6.45) is 1.57. The zero-order valence-electron chi connectivity index (χ0n) is 9.53. The molecule has 1 rings (SSSR count). The average molecular weight is 250 g/mol. The van der Waals surface area contributed by atoms with Gasteiger partial charge in [0.1, 0.15) is 0 Å². The van der Waals surface area contributed by atoms with Gasteiger partial charge in [-0.05, 0) is 6.42 Å². The molecule has 0 amide bonds. The van der Waals surface area contributed by atoms with Gasteiger partial charge in [-0.1, -0.05) is 0 Å². The molecule has 0 aliphatic heterocycles. The Bertz CT molecular complexity index is 297. The largest absolute Gasteiger partial charge is 0.401 e. The van der Waals surface area contributed by atoms with Crippen LogP contribution in [0.4, 0.5) is 13.2 Å². The van der Waals surface area contributed by atoms with E-state index in [2.05, 4.69) is 4.98 Å². The first-order chi connectivity index (χ1) is 8.01. The zero-order valence-corrected chi connectivity index (χ0v) is 9.53. The summed E-state index contributed by atoms with van der Waals surface area (Å²) in [5, 5.41) is 0. The quantitative estimate of drug-likeness (QED) is 0.788. The molecule has 0 radical (unpaired) electrons. The van der Waals surface area contributed by atoms with Crippen molar-refractivity contribution in [1.29, 1.82) is 0 Å². The van der Waals surface area contributed by atoms with E-state index in [0.29, 0.717) is 19.5 Å². The third kappa shape index (κ3) is 6.28. The Morgan fingerprint density at radius 1 is 1.29 bits per heavy atom. The highest BCUT2D eigenvalue weighted by Crippen LogP contribution is 2.16. The number of nitrogens with two attached hydrogens (primary N) is 1. The van der Waals surface area contributed by atoms with E-state index in [1.807, 2.05) is 4.57 Å². The molecule has 0 bridgehead atoms. The van der Waals surface area contributed by atoms with Crippen molar-refractivity contribution in [3.8, 4) is 0 Å². The smallest absolute Gasteiger partial charge is 0.337 e. The second-order valence-electron chi connectivity index (χ2n) is 3.83. The number of alkyl halides is 3. The van der Waals surface area contributed by atoms with Gasteiger partial charge in [0.05, 0.1) is 12.9 Å². The number of aryl methyl sites for hydroxylation is 1. The van der Waals surface area contributed by atoms with Crippen LogP contribution in [0, 0.1) is 0 Å². The summed E-state index contributed by atoms with van der Waals surface area (Å²) in [5.74, 6) is 0. The van der Waals surface area contributed by atoms with Crippen LogP contribution in [0.15, 0.2) is 18.7 Å². The van der Waals surface area contributed by atoms with Crippen molar-refractivity contribution >= 4 is 0 Å². The lowest BCUT2D eigenvalue weighted by atomic mass is 10.3. The van der Waals surface area contributed by atoms with Crippen LogP contribution < -0.4 is 5.73 Å². The van der Waals surface area contributed by atoms with Gasteiger partial charge >= 0.3 is 6.18 Å². The van der Waals surface area contributed by atoms with E-state index < -0.39 is 12.7 Å². The van der Waals surface area contributed by atoms with E-state index in [-0.39, 0.29) is 13.1 Å². The first-order valence-electron chi connectivity index (χ1n) is 5.46. The molecular formula is C10H17F3N4. The Labute approximate surface area is 98.2 Å². The summed E-state index contributed by atoms with van der Waals surface area (Å²) in [5.41, 5.74) is 5.29. The van der Waals surface area contributed by atoms with Gasteiger partial charge in [0.15, 0.2) is 0 Å². The second-order valence-corrected chi connectivity index (χ2v) is 3.83. The van der Waals surface area contributed by atoms with Gasteiger partial charge in [-0.2, -0.15) is 13.2 Å². The molecule has 0 unspecified atom stereocenters. The normalized spacial score (nSPS) is 12.3. The molecule has 4 nitrogen and oxygen atoms in total. The SMILES string of the molecule is NCCN(CCCn1ccnc1)CC(F)(F)F. The lowest BCUT2D eigenvalue weighted by Gasteiger charge is -2.22. The lowest BCUT2D eigenvalue weighted by Crippen LogP contribution is -2.38. The van der Waals surface area contributed by atoms with Gasteiger partial charge in [0.2, 0.25) is 0 Å². The molecule has 0 spiro atoms. The van der Waals surface area contributed by atoms with Crippen LogP contribution in [-0.2, 0) is 6.54 Å². The summed E-state index contributed by atoms with van der Waals surface area (Å²) in [4.78, 5) is 5.20. The number of aromatic nitrogens is 2. The van der Waals surface area contributed by atoms with Crippen LogP contribution in [-0.4, -0.2) is 46.8 Å². The summed E-state index contributed by atoms with van der Waals surface area (Å²) in [6, 6.07) is 0. The first-order valence-corrected chi connectivity index (χ1v) is 5.46. The Hall–Kier alpha value is -1.08. The highest BCUT2D eigenvalue weighted by atomic mass is 19.4. The average Bonchev–Trinajstić information content (AvgIpc) is 2.68. The van der Waals surface area contributed by atoms with Gasteiger partial charge in [0.25, 0.3) is 0 Å². The number of hydrogen-bond acceptors (Lipinski definition) is 3. The number of nitrogens with zero attached hydrogens (tertiary/aromatic N) is 3. The van der Waals surface area contributed by atoms with Crippen LogP contribution in [0.1, 0.15) is 6.42 Å².